The number of nitrogens with zero attached hydrogens (tertiary/aromatic N) is 4. The molecular weight excluding hydrogens is 462 g/mol. The van der Waals surface area contributed by atoms with Gasteiger partial charge in [0.05, 0.1) is 11.7 Å². The summed E-state index contributed by atoms with van der Waals surface area (Å²) in [7, 11) is 0. The maximum Gasteiger partial charge on any atom is 0.338 e. The molecule has 1 saturated heterocycles. The highest BCUT2D eigenvalue weighted by atomic mass is 32.2. The third kappa shape index (κ3) is 5.97. The Balaban J connectivity index is 1.54. The Labute approximate surface area is 209 Å². The van der Waals surface area contributed by atoms with Crippen molar-refractivity contribution in [2.45, 2.75) is 49.9 Å². The van der Waals surface area contributed by atoms with Crippen LogP contribution in [0.5, 0.6) is 0 Å². The lowest BCUT2D eigenvalue weighted by Crippen LogP contribution is -2.45. The smallest absolute Gasteiger partial charge is 0.338 e. The highest BCUT2D eigenvalue weighted by molar-refractivity contribution is 8.00. The van der Waals surface area contributed by atoms with Crippen molar-refractivity contribution in [1.82, 2.24) is 4.90 Å². The number of oxime groups is 1. The SMILES string of the molecule is Cc1ccc(SC2CCN(C3=NC(=N)/C(=N\O)N=C3c3cccc(C(=O)OC(C)C)c3)CC2)cc1. The van der Waals surface area contributed by atoms with Crippen molar-refractivity contribution >= 4 is 40.9 Å². The van der Waals surface area contributed by atoms with Crippen molar-refractivity contribution in [2.75, 3.05) is 13.1 Å². The van der Waals surface area contributed by atoms with Crippen LogP contribution in [0.3, 0.4) is 0 Å². The van der Waals surface area contributed by atoms with Crippen LogP contribution in [0.25, 0.3) is 0 Å². The van der Waals surface area contributed by atoms with Crippen LogP contribution in [-0.2, 0) is 4.74 Å². The normalized spacial score (nSPS) is 18.0. The van der Waals surface area contributed by atoms with E-state index < -0.39 is 5.97 Å². The van der Waals surface area contributed by atoms with Gasteiger partial charge in [-0.2, -0.15) is 0 Å². The van der Waals surface area contributed by atoms with Gasteiger partial charge in [-0.05, 0) is 57.9 Å². The summed E-state index contributed by atoms with van der Waals surface area (Å²) >= 11 is 1.89. The molecule has 1 fully saturated rings. The van der Waals surface area contributed by atoms with Crippen LogP contribution in [0.2, 0.25) is 0 Å². The fourth-order valence-electron chi connectivity index (χ4n) is 3.97. The molecule has 182 valence electrons. The molecule has 35 heavy (non-hydrogen) atoms. The lowest BCUT2D eigenvalue weighted by Gasteiger charge is -2.35. The number of likely N-dealkylation sites (tertiary alicyclic amines) is 1. The van der Waals surface area contributed by atoms with Gasteiger partial charge in [0, 0.05) is 28.8 Å². The number of hydrogen-bond acceptors (Lipinski definition) is 7. The number of carbonyl (C=O) groups excluding carboxylic acids is 1. The van der Waals surface area contributed by atoms with Gasteiger partial charge < -0.3 is 14.8 Å². The quantitative estimate of drug-likeness (QED) is 0.355. The minimum absolute atomic E-state index is 0.163. The van der Waals surface area contributed by atoms with E-state index >= 15 is 0 Å². The molecule has 8 nitrogen and oxygen atoms in total. The summed E-state index contributed by atoms with van der Waals surface area (Å²) < 4.78 is 5.33. The zero-order valence-electron chi connectivity index (χ0n) is 20.1. The van der Waals surface area contributed by atoms with Crippen LogP contribution >= 0.6 is 11.8 Å². The molecule has 0 bridgehead atoms. The number of amidine groups is 3. The molecular formula is C26H29N5O3S. The Kier molecular flexibility index (Phi) is 7.65. The van der Waals surface area contributed by atoms with Gasteiger partial charge >= 0.3 is 5.97 Å². The van der Waals surface area contributed by atoms with Gasteiger partial charge in [-0.15, -0.1) is 11.8 Å². The Morgan fingerprint density at radius 3 is 2.54 bits per heavy atom. The van der Waals surface area contributed by atoms with Crippen LogP contribution in [0.1, 0.15) is 48.2 Å². The summed E-state index contributed by atoms with van der Waals surface area (Å²) in [6.07, 6.45) is 1.68. The summed E-state index contributed by atoms with van der Waals surface area (Å²) in [6.45, 7) is 7.21. The van der Waals surface area contributed by atoms with Gasteiger partial charge in [-0.3, -0.25) is 5.41 Å². The molecule has 0 aromatic heterocycles. The number of ether oxygens (including phenoxy) is 1. The van der Waals surface area contributed by atoms with E-state index in [-0.39, 0.29) is 17.8 Å². The second-order valence-electron chi connectivity index (χ2n) is 8.82. The number of aryl methyl sites for hydroxylation is 1. The first-order valence-electron chi connectivity index (χ1n) is 11.6. The van der Waals surface area contributed by atoms with Crippen molar-refractivity contribution in [3.8, 4) is 0 Å². The fraction of sp³-hybridized carbons (Fsp3) is 0.346. The highest BCUT2D eigenvalue weighted by Gasteiger charge is 2.30. The first-order chi connectivity index (χ1) is 16.8. The zero-order valence-corrected chi connectivity index (χ0v) is 20.9. The van der Waals surface area contributed by atoms with Gasteiger partial charge in [0.15, 0.2) is 11.7 Å². The summed E-state index contributed by atoms with van der Waals surface area (Å²) in [5.74, 6) is -0.230. The number of benzene rings is 2. The van der Waals surface area contributed by atoms with Crippen LogP contribution in [0.15, 0.2) is 68.6 Å². The van der Waals surface area contributed by atoms with E-state index in [0.29, 0.717) is 27.9 Å². The molecule has 0 spiro atoms. The number of esters is 1. The molecule has 4 rings (SSSR count). The number of aliphatic imine (C=N–C) groups is 2. The predicted molar refractivity (Wildman–Crippen MR) is 140 cm³/mol. The molecule has 0 radical (unpaired) electrons. The minimum Gasteiger partial charge on any atom is -0.459 e. The van der Waals surface area contributed by atoms with E-state index in [4.69, 9.17) is 10.1 Å². The van der Waals surface area contributed by atoms with Gasteiger partial charge in [-0.1, -0.05) is 35.0 Å². The second-order valence-corrected chi connectivity index (χ2v) is 10.2. The van der Waals surface area contributed by atoms with Gasteiger partial charge in [0.25, 0.3) is 0 Å². The van der Waals surface area contributed by atoms with E-state index in [1.54, 1.807) is 32.0 Å². The summed E-state index contributed by atoms with van der Waals surface area (Å²) in [5, 5.41) is 21.1. The Morgan fingerprint density at radius 2 is 1.89 bits per heavy atom. The summed E-state index contributed by atoms with van der Waals surface area (Å²) in [6, 6.07) is 15.6. The fourth-order valence-corrected chi connectivity index (χ4v) is 5.10. The Hall–Kier alpha value is -3.46. The van der Waals surface area contributed by atoms with E-state index in [0.717, 1.165) is 25.9 Å². The average molecular weight is 492 g/mol. The van der Waals surface area contributed by atoms with Crippen molar-refractivity contribution in [3.05, 3.63) is 65.2 Å². The molecule has 0 unspecified atom stereocenters. The lowest BCUT2D eigenvalue weighted by molar-refractivity contribution is 0.0378. The number of nitrogens with one attached hydrogen (secondary N) is 1. The second kappa shape index (κ2) is 10.9. The molecule has 2 aliphatic rings. The van der Waals surface area contributed by atoms with E-state index in [1.165, 1.54) is 10.5 Å². The third-order valence-electron chi connectivity index (χ3n) is 5.73. The van der Waals surface area contributed by atoms with E-state index in [9.17, 15) is 10.0 Å². The summed E-state index contributed by atoms with van der Waals surface area (Å²) in [4.78, 5) is 24.7. The molecule has 0 atom stereocenters. The predicted octanol–water partition coefficient (Wildman–Crippen LogP) is 4.78. The number of thioether (sulfide) groups is 1. The molecule has 0 aliphatic carbocycles. The van der Waals surface area contributed by atoms with Crippen LogP contribution in [-0.4, -0.2) is 63.7 Å². The topological polar surface area (TPSA) is 111 Å². The Bertz CT molecular complexity index is 1200. The molecule has 2 aliphatic heterocycles. The van der Waals surface area contributed by atoms with Crippen molar-refractivity contribution in [3.63, 3.8) is 0 Å². The van der Waals surface area contributed by atoms with Crippen molar-refractivity contribution in [2.24, 2.45) is 15.1 Å². The van der Waals surface area contributed by atoms with Crippen LogP contribution in [0, 0.1) is 12.3 Å². The number of rotatable bonds is 5. The first kappa shape index (κ1) is 24.7. The molecule has 2 N–H and O–H groups in total. The number of hydrogen-bond donors (Lipinski definition) is 2. The van der Waals surface area contributed by atoms with E-state index in [1.807, 2.05) is 17.8 Å². The first-order valence-corrected chi connectivity index (χ1v) is 12.5. The van der Waals surface area contributed by atoms with Crippen molar-refractivity contribution in [1.29, 1.82) is 5.41 Å². The lowest BCUT2D eigenvalue weighted by atomic mass is 10.0. The monoisotopic (exact) mass is 491 g/mol. The van der Waals surface area contributed by atoms with Crippen LogP contribution < -0.4 is 0 Å². The maximum atomic E-state index is 12.4. The average Bonchev–Trinajstić information content (AvgIpc) is 2.85. The van der Waals surface area contributed by atoms with E-state index in [2.05, 4.69) is 51.2 Å². The maximum absolute atomic E-state index is 12.4. The minimum atomic E-state index is -0.422. The van der Waals surface area contributed by atoms with Gasteiger partial charge in [0.2, 0.25) is 5.84 Å². The molecule has 0 amide bonds. The standard InChI is InChI=1S/C26H29N5O3S/c1-16(2)34-26(32)19-6-4-5-18(15-19)22-25(29-23(27)24(28-22)30-33)31-13-11-21(12-14-31)35-20-9-7-17(3)8-10-20/h4-10,15-16,21,27,33H,11-14H2,1-3H3/b27-23?,30-24+. The molecule has 9 heteroatoms. The van der Waals surface area contributed by atoms with Gasteiger partial charge in [-0.25, -0.2) is 14.8 Å². The Morgan fingerprint density at radius 1 is 1.17 bits per heavy atom. The van der Waals surface area contributed by atoms with Crippen molar-refractivity contribution < 1.29 is 14.7 Å². The van der Waals surface area contributed by atoms with Gasteiger partial charge in [0.1, 0.15) is 5.71 Å². The zero-order chi connectivity index (χ0) is 24.9. The highest BCUT2D eigenvalue weighted by Crippen LogP contribution is 2.31. The molecule has 2 heterocycles. The third-order valence-corrected chi connectivity index (χ3v) is 7.08. The molecule has 2 aromatic rings. The molecule has 2 aromatic carbocycles. The van der Waals surface area contributed by atoms with Crippen LogP contribution in [0.4, 0.5) is 0 Å². The number of carbonyl (C=O) groups is 1. The largest absolute Gasteiger partial charge is 0.459 e. The summed E-state index contributed by atoms with van der Waals surface area (Å²) in [5.41, 5.74) is 2.76. The molecule has 0 saturated carbocycles. The number of piperidine rings is 1.